The van der Waals surface area contributed by atoms with E-state index in [-0.39, 0.29) is 5.91 Å². The zero-order chi connectivity index (χ0) is 12.5. The maximum Gasteiger partial charge on any atom is 0.228 e. The lowest BCUT2D eigenvalue weighted by molar-refractivity contribution is -0.115. The Morgan fingerprint density at radius 3 is 2.78 bits per heavy atom. The molecule has 2 aromatic rings. The van der Waals surface area contributed by atoms with Crippen LogP contribution in [0.3, 0.4) is 0 Å². The van der Waals surface area contributed by atoms with E-state index in [2.05, 4.69) is 22.2 Å². The molecule has 90 valence electrons. The quantitative estimate of drug-likeness (QED) is 0.874. The summed E-state index contributed by atoms with van der Waals surface area (Å²) in [7, 11) is 0. The smallest absolute Gasteiger partial charge is 0.228 e. The van der Waals surface area contributed by atoms with Crippen LogP contribution in [-0.2, 0) is 17.6 Å². The van der Waals surface area contributed by atoms with Crippen molar-refractivity contribution in [2.75, 3.05) is 5.32 Å². The number of hydrogen-bond donors (Lipinski definition) is 1. The average molecular weight is 239 g/mol. The van der Waals surface area contributed by atoms with Crippen LogP contribution in [0.2, 0.25) is 0 Å². The Hall–Kier alpha value is -2.23. The van der Waals surface area contributed by atoms with Crippen LogP contribution >= 0.6 is 0 Å². The largest absolute Gasteiger partial charge is 0.326 e. The molecular weight excluding hydrogens is 226 g/mol. The van der Waals surface area contributed by atoms with Gasteiger partial charge in [-0.2, -0.15) is 0 Å². The predicted molar refractivity (Wildman–Crippen MR) is 69.2 cm³/mol. The van der Waals surface area contributed by atoms with E-state index in [1.807, 2.05) is 30.6 Å². The van der Waals surface area contributed by atoms with Crippen molar-refractivity contribution in [1.29, 1.82) is 0 Å². The van der Waals surface area contributed by atoms with Crippen molar-refractivity contribution in [1.82, 2.24) is 9.97 Å². The minimum absolute atomic E-state index is 0.0302. The lowest BCUT2D eigenvalue weighted by atomic mass is 10.0. The minimum Gasteiger partial charge on any atom is -0.326 e. The second-order valence-electron chi connectivity index (χ2n) is 4.33. The highest BCUT2D eigenvalue weighted by Crippen LogP contribution is 2.31. The Morgan fingerprint density at radius 2 is 2.06 bits per heavy atom. The standard InChI is InChI=1S/C14H13N3O/c1-2-9-7-15-14(16-8-9)10-4-3-5-12-11(10)6-13(18)17-12/h3-5,7-8H,2,6H2,1H3,(H,17,18). The lowest BCUT2D eigenvalue weighted by Crippen LogP contribution is -2.03. The molecule has 0 spiro atoms. The Bertz CT molecular complexity index is 605. The second-order valence-corrected chi connectivity index (χ2v) is 4.33. The number of fused-ring (bicyclic) bond motifs is 1. The first kappa shape index (κ1) is 10.9. The van der Waals surface area contributed by atoms with E-state index in [0.29, 0.717) is 12.2 Å². The number of aromatic nitrogens is 2. The summed E-state index contributed by atoms with van der Waals surface area (Å²) < 4.78 is 0. The molecule has 0 aliphatic carbocycles. The number of carbonyl (C=O) groups excluding carboxylic acids is 1. The normalized spacial score (nSPS) is 13.3. The number of benzene rings is 1. The molecule has 1 aliphatic heterocycles. The molecule has 0 fully saturated rings. The second kappa shape index (κ2) is 4.22. The molecule has 1 aliphatic rings. The van der Waals surface area contributed by atoms with Crippen LogP contribution in [0, 0.1) is 0 Å². The van der Waals surface area contributed by atoms with Crippen LogP contribution in [0.4, 0.5) is 5.69 Å². The predicted octanol–water partition coefficient (Wildman–Crippen LogP) is 2.20. The highest BCUT2D eigenvalue weighted by atomic mass is 16.1. The van der Waals surface area contributed by atoms with Crippen LogP contribution in [0.1, 0.15) is 18.1 Å². The Labute approximate surface area is 105 Å². The van der Waals surface area contributed by atoms with Gasteiger partial charge in [-0.15, -0.1) is 0 Å². The molecule has 0 atom stereocenters. The number of anilines is 1. The number of rotatable bonds is 2. The first-order valence-electron chi connectivity index (χ1n) is 6.01. The van der Waals surface area contributed by atoms with Crippen LogP contribution < -0.4 is 5.32 Å². The number of nitrogens with zero attached hydrogens (tertiary/aromatic N) is 2. The van der Waals surface area contributed by atoms with Gasteiger partial charge in [0.25, 0.3) is 0 Å². The highest BCUT2D eigenvalue weighted by molar-refractivity contribution is 6.01. The monoisotopic (exact) mass is 239 g/mol. The van der Waals surface area contributed by atoms with Crippen molar-refractivity contribution in [2.24, 2.45) is 0 Å². The van der Waals surface area contributed by atoms with E-state index in [0.717, 1.165) is 28.8 Å². The van der Waals surface area contributed by atoms with E-state index in [1.54, 1.807) is 0 Å². The van der Waals surface area contributed by atoms with E-state index < -0.39 is 0 Å². The number of aryl methyl sites for hydroxylation is 1. The first-order valence-corrected chi connectivity index (χ1v) is 6.01. The Morgan fingerprint density at radius 1 is 1.28 bits per heavy atom. The summed E-state index contributed by atoms with van der Waals surface area (Å²) in [6.07, 6.45) is 5.01. The average Bonchev–Trinajstić information content (AvgIpc) is 2.79. The molecule has 4 heteroatoms. The van der Waals surface area contributed by atoms with Crippen molar-refractivity contribution in [3.8, 4) is 11.4 Å². The van der Waals surface area contributed by atoms with E-state index in [1.165, 1.54) is 0 Å². The van der Waals surface area contributed by atoms with Crippen molar-refractivity contribution in [2.45, 2.75) is 19.8 Å². The highest BCUT2D eigenvalue weighted by Gasteiger charge is 2.21. The SMILES string of the molecule is CCc1cnc(-c2cccc3c2CC(=O)N3)nc1. The van der Waals surface area contributed by atoms with Crippen molar-refractivity contribution < 1.29 is 4.79 Å². The molecule has 1 amide bonds. The van der Waals surface area contributed by atoms with Gasteiger partial charge in [-0.05, 0) is 23.6 Å². The summed E-state index contributed by atoms with van der Waals surface area (Å²) in [6.45, 7) is 2.07. The van der Waals surface area contributed by atoms with Crippen LogP contribution in [0.15, 0.2) is 30.6 Å². The Balaban J connectivity index is 2.07. The summed E-state index contributed by atoms with van der Waals surface area (Å²) in [5.74, 6) is 0.711. The van der Waals surface area contributed by atoms with E-state index in [9.17, 15) is 4.79 Å². The summed E-state index contributed by atoms with van der Waals surface area (Å²) in [5.41, 5.74) is 3.92. The van der Waals surface area contributed by atoms with Crippen molar-refractivity contribution in [3.63, 3.8) is 0 Å². The summed E-state index contributed by atoms with van der Waals surface area (Å²) in [6, 6.07) is 5.78. The van der Waals surface area contributed by atoms with Crippen LogP contribution in [0.25, 0.3) is 11.4 Å². The third kappa shape index (κ3) is 1.76. The molecule has 1 N–H and O–H groups in total. The molecule has 0 saturated carbocycles. The third-order valence-electron chi connectivity index (χ3n) is 3.14. The number of hydrogen-bond acceptors (Lipinski definition) is 3. The van der Waals surface area contributed by atoms with Gasteiger partial charge >= 0.3 is 0 Å². The first-order chi connectivity index (χ1) is 8.78. The van der Waals surface area contributed by atoms with Crippen LogP contribution in [0.5, 0.6) is 0 Å². The Kier molecular flexibility index (Phi) is 2.55. The number of carbonyl (C=O) groups is 1. The molecule has 0 radical (unpaired) electrons. The lowest BCUT2D eigenvalue weighted by Gasteiger charge is -2.06. The molecular formula is C14H13N3O. The minimum atomic E-state index is 0.0302. The molecule has 18 heavy (non-hydrogen) atoms. The van der Waals surface area contributed by atoms with Gasteiger partial charge in [0.15, 0.2) is 5.82 Å². The molecule has 0 unspecified atom stereocenters. The van der Waals surface area contributed by atoms with Gasteiger partial charge in [-0.3, -0.25) is 4.79 Å². The van der Waals surface area contributed by atoms with Gasteiger partial charge in [0, 0.05) is 23.6 Å². The molecule has 4 nitrogen and oxygen atoms in total. The summed E-state index contributed by atoms with van der Waals surface area (Å²) in [4.78, 5) is 20.2. The van der Waals surface area contributed by atoms with Crippen molar-refractivity contribution >= 4 is 11.6 Å². The fourth-order valence-corrected chi connectivity index (χ4v) is 2.14. The van der Waals surface area contributed by atoms with Gasteiger partial charge in [-0.25, -0.2) is 9.97 Å². The summed E-state index contributed by atoms with van der Waals surface area (Å²) in [5, 5.41) is 2.84. The molecule has 1 aromatic carbocycles. The number of nitrogens with one attached hydrogen (secondary N) is 1. The van der Waals surface area contributed by atoms with Gasteiger partial charge in [0.05, 0.1) is 6.42 Å². The maximum absolute atomic E-state index is 11.4. The van der Waals surface area contributed by atoms with E-state index >= 15 is 0 Å². The summed E-state index contributed by atoms with van der Waals surface area (Å²) >= 11 is 0. The van der Waals surface area contributed by atoms with Gasteiger partial charge in [0.2, 0.25) is 5.91 Å². The third-order valence-corrected chi connectivity index (χ3v) is 3.14. The fourth-order valence-electron chi connectivity index (χ4n) is 2.14. The van der Waals surface area contributed by atoms with Gasteiger partial charge in [0.1, 0.15) is 0 Å². The topological polar surface area (TPSA) is 54.9 Å². The molecule has 1 aromatic heterocycles. The van der Waals surface area contributed by atoms with Crippen molar-refractivity contribution in [3.05, 3.63) is 41.7 Å². The maximum atomic E-state index is 11.4. The number of amides is 1. The molecule has 3 rings (SSSR count). The zero-order valence-electron chi connectivity index (χ0n) is 10.1. The van der Waals surface area contributed by atoms with Crippen LogP contribution in [-0.4, -0.2) is 15.9 Å². The van der Waals surface area contributed by atoms with Gasteiger partial charge < -0.3 is 5.32 Å². The van der Waals surface area contributed by atoms with E-state index in [4.69, 9.17) is 0 Å². The zero-order valence-corrected chi connectivity index (χ0v) is 10.1. The molecule has 2 heterocycles. The molecule has 0 saturated heterocycles. The molecule has 0 bridgehead atoms. The van der Waals surface area contributed by atoms with Gasteiger partial charge in [-0.1, -0.05) is 19.1 Å². The fraction of sp³-hybridized carbons (Fsp3) is 0.214.